The first-order chi connectivity index (χ1) is 16.3. The number of hydrogen-bond donors (Lipinski definition) is 0. The van der Waals surface area contributed by atoms with E-state index >= 15 is 0 Å². The van der Waals surface area contributed by atoms with Crippen LogP contribution in [0.1, 0.15) is 17.0 Å². The third-order valence-electron chi connectivity index (χ3n) is 4.92. The van der Waals surface area contributed by atoms with Gasteiger partial charge in [-0.2, -0.15) is 9.78 Å². The first-order valence-electron chi connectivity index (χ1n) is 9.94. The van der Waals surface area contributed by atoms with Gasteiger partial charge in [0, 0.05) is 21.1 Å². The normalized spacial score (nSPS) is 11.4. The van der Waals surface area contributed by atoms with Gasteiger partial charge >= 0.3 is 0 Å². The Kier molecular flexibility index (Phi) is 7.48. The lowest BCUT2D eigenvalue weighted by atomic mass is 10.2. The Balaban J connectivity index is 1.73. The molecule has 0 spiro atoms. The second kappa shape index (κ2) is 10.4. The molecular weight excluding hydrogens is 565 g/mol. The molecule has 1 aromatic heterocycles. The van der Waals surface area contributed by atoms with Crippen LogP contribution in [0.5, 0.6) is 11.5 Å². The minimum atomic E-state index is -0.299. The predicted octanol–water partition coefficient (Wildman–Crippen LogP) is 6.90. The van der Waals surface area contributed by atoms with Crippen LogP contribution < -0.4 is 15.0 Å². The highest BCUT2D eigenvalue weighted by Gasteiger charge is 2.14. The van der Waals surface area contributed by atoms with Gasteiger partial charge in [-0.05, 0) is 48.9 Å². The molecule has 0 amide bonds. The highest BCUT2D eigenvalue weighted by molar-refractivity contribution is 9.10. The highest BCUT2D eigenvalue weighted by Crippen LogP contribution is 2.35. The molecule has 0 saturated carbocycles. The molecule has 0 bridgehead atoms. The van der Waals surface area contributed by atoms with Crippen molar-refractivity contribution in [3.8, 4) is 11.5 Å². The molecule has 34 heavy (non-hydrogen) atoms. The minimum Gasteiger partial charge on any atom is -0.493 e. The fourth-order valence-corrected chi connectivity index (χ4v) is 4.19. The second-order valence-corrected chi connectivity index (χ2v) is 9.41. The van der Waals surface area contributed by atoms with Crippen molar-refractivity contribution in [1.29, 1.82) is 0 Å². The summed E-state index contributed by atoms with van der Waals surface area (Å²) in [4.78, 5) is 17.5. The smallest absolute Gasteiger partial charge is 0.282 e. The van der Waals surface area contributed by atoms with Crippen molar-refractivity contribution in [2.24, 2.45) is 5.10 Å². The largest absolute Gasteiger partial charge is 0.493 e. The third kappa shape index (κ3) is 5.23. The molecule has 174 valence electrons. The summed E-state index contributed by atoms with van der Waals surface area (Å²) < 4.78 is 13.5. The molecule has 0 N–H and O–H groups in total. The van der Waals surface area contributed by atoms with Crippen LogP contribution in [0.15, 0.2) is 62.9 Å². The van der Waals surface area contributed by atoms with Gasteiger partial charge in [0.1, 0.15) is 12.4 Å². The second-order valence-electron chi connectivity index (χ2n) is 7.25. The van der Waals surface area contributed by atoms with Crippen molar-refractivity contribution in [3.05, 3.63) is 95.4 Å². The van der Waals surface area contributed by atoms with E-state index in [0.717, 1.165) is 10.0 Å². The topological polar surface area (TPSA) is 65.7 Å². The number of benzene rings is 3. The highest BCUT2D eigenvalue weighted by atomic mass is 79.9. The lowest BCUT2D eigenvalue weighted by Crippen LogP contribution is -2.20. The van der Waals surface area contributed by atoms with Crippen LogP contribution in [-0.2, 0) is 6.61 Å². The Morgan fingerprint density at radius 2 is 1.88 bits per heavy atom. The fraction of sp³-hybridized carbons (Fsp3) is 0.125. The summed E-state index contributed by atoms with van der Waals surface area (Å²) in [5.41, 5.74) is 1.62. The summed E-state index contributed by atoms with van der Waals surface area (Å²) >= 11 is 21.8. The molecule has 0 radical (unpaired) electrons. The zero-order chi connectivity index (χ0) is 24.4. The quantitative estimate of drug-likeness (QED) is 0.233. The Morgan fingerprint density at radius 3 is 2.62 bits per heavy atom. The molecule has 4 rings (SSSR count). The molecule has 4 aromatic rings. The molecule has 6 nitrogen and oxygen atoms in total. The van der Waals surface area contributed by atoms with Gasteiger partial charge in [0.2, 0.25) is 0 Å². The molecule has 0 aliphatic rings. The number of ether oxygens (including phenoxy) is 2. The number of halogens is 4. The van der Waals surface area contributed by atoms with Crippen LogP contribution in [0, 0.1) is 6.92 Å². The van der Waals surface area contributed by atoms with E-state index in [1.54, 1.807) is 43.3 Å². The molecule has 0 atom stereocenters. The molecular formula is C24H17BrCl3N3O3. The minimum absolute atomic E-state index is 0.195. The maximum Gasteiger partial charge on any atom is 0.282 e. The van der Waals surface area contributed by atoms with Crippen LogP contribution in [0.2, 0.25) is 15.1 Å². The lowest BCUT2D eigenvalue weighted by molar-refractivity contribution is 0.284. The summed E-state index contributed by atoms with van der Waals surface area (Å²) in [6.45, 7) is 1.90. The Morgan fingerprint density at radius 1 is 1.09 bits per heavy atom. The number of aromatic nitrogens is 2. The summed E-state index contributed by atoms with van der Waals surface area (Å²) in [5, 5.41) is 6.13. The Labute approximate surface area is 218 Å². The van der Waals surface area contributed by atoms with E-state index in [0.29, 0.717) is 48.9 Å². The lowest BCUT2D eigenvalue weighted by Gasteiger charge is -2.14. The molecule has 10 heteroatoms. The zero-order valence-electron chi connectivity index (χ0n) is 18.0. The molecule has 1 heterocycles. The van der Waals surface area contributed by atoms with E-state index in [1.165, 1.54) is 18.0 Å². The van der Waals surface area contributed by atoms with Gasteiger partial charge in [0.15, 0.2) is 11.5 Å². The zero-order valence-corrected chi connectivity index (χ0v) is 21.8. The van der Waals surface area contributed by atoms with Gasteiger partial charge in [-0.15, -0.1) is 0 Å². The average Bonchev–Trinajstić information content (AvgIpc) is 2.80. The summed E-state index contributed by atoms with van der Waals surface area (Å²) in [6, 6.07) is 13.9. The summed E-state index contributed by atoms with van der Waals surface area (Å²) in [6.07, 6.45) is 1.48. The SMILES string of the molecule is COc1cc(Cl)cc(C=Nn2c(C)nc3ccc(Br)cc3c2=O)c1OCc1ccc(Cl)c(Cl)c1. The van der Waals surface area contributed by atoms with Gasteiger partial charge in [-0.3, -0.25) is 4.79 Å². The van der Waals surface area contributed by atoms with Crippen molar-refractivity contribution in [3.63, 3.8) is 0 Å². The van der Waals surface area contributed by atoms with Crippen LogP contribution in [-0.4, -0.2) is 23.0 Å². The molecule has 3 aromatic carbocycles. The van der Waals surface area contributed by atoms with Crippen LogP contribution >= 0.6 is 50.7 Å². The van der Waals surface area contributed by atoms with Crippen LogP contribution in [0.4, 0.5) is 0 Å². The van der Waals surface area contributed by atoms with Crippen molar-refractivity contribution >= 4 is 67.9 Å². The molecule has 0 aliphatic carbocycles. The number of nitrogens with zero attached hydrogens (tertiary/aromatic N) is 3. The first-order valence-corrected chi connectivity index (χ1v) is 11.9. The maximum absolute atomic E-state index is 13.1. The van der Waals surface area contributed by atoms with Crippen LogP contribution in [0.25, 0.3) is 10.9 Å². The number of methoxy groups -OCH3 is 1. The number of aryl methyl sites for hydroxylation is 1. The molecule has 0 aliphatic heterocycles. The maximum atomic E-state index is 13.1. The monoisotopic (exact) mass is 579 g/mol. The first kappa shape index (κ1) is 24.5. The summed E-state index contributed by atoms with van der Waals surface area (Å²) in [7, 11) is 1.51. The molecule has 0 saturated heterocycles. The predicted molar refractivity (Wildman–Crippen MR) is 140 cm³/mol. The van der Waals surface area contributed by atoms with Gasteiger partial charge in [-0.1, -0.05) is 56.8 Å². The number of rotatable bonds is 6. The Hall–Kier alpha value is -2.58. The summed E-state index contributed by atoms with van der Waals surface area (Å²) in [5.74, 6) is 1.26. The van der Waals surface area contributed by atoms with Crippen molar-refractivity contribution < 1.29 is 9.47 Å². The molecule has 0 fully saturated rings. The van der Waals surface area contributed by atoms with Crippen molar-refractivity contribution in [2.75, 3.05) is 7.11 Å². The molecule has 0 unspecified atom stereocenters. The average molecular weight is 582 g/mol. The fourth-order valence-electron chi connectivity index (χ4n) is 3.29. The van der Waals surface area contributed by atoms with Gasteiger partial charge < -0.3 is 9.47 Å². The van der Waals surface area contributed by atoms with Crippen molar-refractivity contribution in [2.45, 2.75) is 13.5 Å². The van der Waals surface area contributed by atoms with Gasteiger partial charge in [-0.25, -0.2) is 4.98 Å². The van der Waals surface area contributed by atoms with Crippen LogP contribution in [0.3, 0.4) is 0 Å². The van der Waals surface area contributed by atoms with Gasteiger partial charge in [0.05, 0.1) is 34.3 Å². The number of hydrogen-bond acceptors (Lipinski definition) is 5. The van der Waals surface area contributed by atoms with E-state index in [4.69, 9.17) is 44.3 Å². The number of fused-ring (bicyclic) bond motifs is 1. The van der Waals surface area contributed by atoms with E-state index in [2.05, 4.69) is 26.0 Å². The van der Waals surface area contributed by atoms with E-state index < -0.39 is 0 Å². The van der Waals surface area contributed by atoms with E-state index in [9.17, 15) is 4.79 Å². The van der Waals surface area contributed by atoms with E-state index in [1.807, 2.05) is 12.1 Å². The van der Waals surface area contributed by atoms with E-state index in [-0.39, 0.29) is 12.2 Å². The van der Waals surface area contributed by atoms with Crippen molar-refractivity contribution in [1.82, 2.24) is 9.66 Å². The standard InChI is InChI=1S/C24H17BrCl3N3O3/c1-13-30-21-6-4-16(25)9-18(21)24(32)31(13)29-11-15-8-17(26)10-22(33-2)23(15)34-12-14-3-5-19(27)20(28)7-14/h3-11H,12H2,1-2H3. The Bertz CT molecular complexity index is 1490. The van der Waals surface area contributed by atoms with Gasteiger partial charge in [0.25, 0.3) is 5.56 Å². The third-order valence-corrected chi connectivity index (χ3v) is 6.37.